The molecule has 1 aromatic carbocycles. The second-order valence-corrected chi connectivity index (χ2v) is 7.10. The molecule has 4 nitrogen and oxygen atoms in total. The topological polar surface area (TPSA) is 41.6 Å². The lowest BCUT2D eigenvalue weighted by Crippen LogP contribution is -2.39. The summed E-state index contributed by atoms with van der Waals surface area (Å²) in [5.41, 5.74) is 0.644. The van der Waals surface area contributed by atoms with Crippen LogP contribution in [0, 0.1) is 0 Å². The number of amides is 1. The van der Waals surface area contributed by atoms with Crippen LogP contribution in [0.25, 0.3) is 0 Å². The predicted molar refractivity (Wildman–Crippen MR) is 98.1 cm³/mol. The van der Waals surface area contributed by atoms with Gasteiger partial charge >= 0.3 is 0 Å². The molecular formula is C19H24N2O2S. The normalized spacial score (nSPS) is 16.0. The van der Waals surface area contributed by atoms with Crippen molar-refractivity contribution in [3.8, 4) is 5.75 Å². The highest BCUT2D eigenvalue weighted by Gasteiger charge is 2.20. The van der Waals surface area contributed by atoms with Crippen molar-refractivity contribution in [2.45, 2.75) is 18.8 Å². The Hall–Kier alpha value is -1.85. The van der Waals surface area contributed by atoms with Gasteiger partial charge in [-0.2, -0.15) is 0 Å². The van der Waals surface area contributed by atoms with E-state index in [4.69, 9.17) is 4.74 Å². The summed E-state index contributed by atoms with van der Waals surface area (Å²) < 4.78 is 5.16. The number of nitrogens with zero attached hydrogens (tertiary/aromatic N) is 1. The van der Waals surface area contributed by atoms with Crippen LogP contribution in [0.5, 0.6) is 5.75 Å². The van der Waals surface area contributed by atoms with Crippen LogP contribution in [0.2, 0.25) is 0 Å². The minimum Gasteiger partial charge on any atom is -0.497 e. The van der Waals surface area contributed by atoms with E-state index in [1.165, 1.54) is 17.7 Å². The number of carbonyl (C=O) groups is 1. The van der Waals surface area contributed by atoms with Gasteiger partial charge in [-0.25, -0.2) is 0 Å². The number of likely N-dealkylation sites (tertiary alicyclic amines) is 1. The van der Waals surface area contributed by atoms with Crippen molar-refractivity contribution < 1.29 is 9.53 Å². The highest BCUT2D eigenvalue weighted by molar-refractivity contribution is 7.10. The van der Waals surface area contributed by atoms with Gasteiger partial charge in [0.2, 0.25) is 0 Å². The number of piperidine rings is 1. The minimum atomic E-state index is -0.0395. The Balaban J connectivity index is 1.40. The molecule has 24 heavy (non-hydrogen) atoms. The largest absolute Gasteiger partial charge is 0.497 e. The van der Waals surface area contributed by atoms with E-state index in [1.807, 2.05) is 29.5 Å². The number of hydrogen-bond donors (Lipinski definition) is 1. The summed E-state index contributed by atoms with van der Waals surface area (Å²) in [6.07, 6.45) is 2.43. The average Bonchev–Trinajstić information content (AvgIpc) is 3.17. The molecule has 0 atom stereocenters. The molecule has 1 aliphatic rings. The first-order valence-electron chi connectivity index (χ1n) is 8.44. The van der Waals surface area contributed by atoms with Crippen molar-refractivity contribution in [3.63, 3.8) is 0 Å². The predicted octanol–water partition coefficient (Wildman–Crippen LogP) is 3.37. The SMILES string of the molecule is COc1cccc(C(=O)NCCN2CCC(c3cccs3)CC2)c1. The molecule has 2 aromatic rings. The Kier molecular flexibility index (Phi) is 5.88. The Bertz CT molecular complexity index is 649. The van der Waals surface area contributed by atoms with Crippen LogP contribution < -0.4 is 10.1 Å². The fourth-order valence-corrected chi connectivity index (χ4v) is 4.06. The molecule has 0 spiro atoms. The first kappa shape index (κ1) is 17.0. The van der Waals surface area contributed by atoms with Crippen LogP contribution in [0.3, 0.4) is 0 Å². The quantitative estimate of drug-likeness (QED) is 0.874. The molecule has 1 fully saturated rings. The molecule has 0 radical (unpaired) electrons. The maximum atomic E-state index is 12.2. The van der Waals surface area contributed by atoms with Crippen molar-refractivity contribution in [2.75, 3.05) is 33.3 Å². The third-order valence-corrected chi connectivity index (χ3v) is 5.61. The Morgan fingerprint density at radius 3 is 2.83 bits per heavy atom. The molecule has 1 N–H and O–H groups in total. The summed E-state index contributed by atoms with van der Waals surface area (Å²) in [5, 5.41) is 5.16. The zero-order valence-electron chi connectivity index (χ0n) is 14.0. The van der Waals surface area contributed by atoms with Gasteiger partial charge < -0.3 is 15.0 Å². The summed E-state index contributed by atoms with van der Waals surface area (Å²) in [6.45, 7) is 3.81. The first-order chi connectivity index (χ1) is 11.8. The number of carbonyl (C=O) groups excluding carboxylic acids is 1. The van der Waals surface area contributed by atoms with E-state index in [0.717, 1.165) is 19.6 Å². The molecule has 3 rings (SSSR count). The lowest BCUT2D eigenvalue weighted by molar-refractivity contribution is 0.0945. The van der Waals surface area contributed by atoms with Crippen LogP contribution in [-0.2, 0) is 0 Å². The van der Waals surface area contributed by atoms with Gasteiger partial charge in [0.05, 0.1) is 7.11 Å². The molecule has 1 saturated heterocycles. The number of hydrogen-bond acceptors (Lipinski definition) is 4. The molecular weight excluding hydrogens is 320 g/mol. The van der Waals surface area contributed by atoms with E-state index < -0.39 is 0 Å². The molecule has 0 bridgehead atoms. The molecule has 2 heterocycles. The standard InChI is InChI=1S/C19H24N2O2S/c1-23-17-5-2-4-16(14-17)19(22)20-9-12-21-10-7-15(8-11-21)18-6-3-13-24-18/h2-6,13-15H,7-12H2,1H3,(H,20,22). The zero-order valence-corrected chi connectivity index (χ0v) is 14.8. The van der Waals surface area contributed by atoms with Crippen molar-refractivity contribution in [3.05, 3.63) is 52.2 Å². The fourth-order valence-electron chi connectivity index (χ4n) is 3.16. The molecule has 128 valence electrons. The molecule has 0 aliphatic carbocycles. The minimum absolute atomic E-state index is 0.0395. The van der Waals surface area contributed by atoms with Crippen LogP contribution in [-0.4, -0.2) is 44.1 Å². The number of thiophene rings is 1. The Labute approximate surface area is 147 Å². The molecule has 5 heteroatoms. The monoisotopic (exact) mass is 344 g/mol. The molecule has 1 aliphatic heterocycles. The fraction of sp³-hybridized carbons (Fsp3) is 0.421. The zero-order chi connectivity index (χ0) is 16.8. The molecule has 1 amide bonds. The van der Waals surface area contributed by atoms with Crippen LogP contribution in [0.4, 0.5) is 0 Å². The van der Waals surface area contributed by atoms with Crippen LogP contribution >= 0.6 is 11.3 Å². The summed E-state index contributed by atoms with van der Waals surface area (Å²) >= 11 is 1.87. The summed E-state index contributed by atoms with van der Waals surface area (Å²) in [6, 6.07) is 11.6. The molecule has 0 saturated carbocycles. The van der Waals surface area contributed by atoms with E-state index in [9.17, 15) is 4.79 Å². The van der Waals surface area contributed by atoms with Crippen LogP contribution in [0.15, 0.2) is 41.8 Å². The van der Waals surface area contributed by atoms with Crippen LogP contribution in [0.1, 0.15) is 34.0 Å². The number of methoxy groups -OCH3 is 1. The summed E-state index contributed by atoms with van der Waals surface area (Å²) in [5.74, 6) is 1.38. The molecule has 1 aromatic heterocycles. The van der Waals surface area contributed by atoms with E-state index in [0.29, 0.717) is 23.8 Å². The smallest absolute Gasteiger partial charge is 0.251 e. The summed E-state index contributed by atoms with van der Waals surface area (Å²) in [7, 11) is 1.61. The second-order valence-electron chi connectivity index (χ2n) is 6.12. The van der Waals surface area contributed by atoms with Gasteiger partial charge in [-0.1, -0.05) is 12.1 Å². The second kappa shape index (κ2) is 8.31. The van der Waals surface area contributed by atoms with Crippen molar-refractivity contribution >= 4 is 17.2 Å². The summed E-state index contributed by atoms with van der Waals surface area (Å²) in [4.78, 5) is 16.1. The highest BCUT2D eigenvalue weighted by atomic mass is 32.1. The maximum absolute atomic E-state index is 12.2. The van der Waals surface area contributed by atoms with Crippen molar-refractivity contribution in [1.29, 1.82) is 0 Å². The number of ether oxygens (including phenoxy) is 1. The van der Waals surface area contributed by atoms with Gasteiger partial charge in [0.25, 0.3) is 5.91 Å². The van der Waals surface area contributed by atoms with Gasteiger partial charge in [0.15, 0.2) is 0 Å². The van der Waals surface area contributed by atoms with Gasteiger partial charge in [-0.15, -0.1) is 11.3 Å². The van der Waals surface area contributed by atoms with E-state index >= 15 is 0 Å². The number of nitrogens with one attached hydrogen (secondary N) is 1. The highest BCUT2D eigenvalue weighted by Crippen LogP contribution is 2.30. The van der Waals surface area contributed by atoms with Crippen molar-refractivity contribution in [2.24, 2.45) is 0 Å². The van der Waals surface area contributed by atoms with Gasteiger partial charge in [0.1, 0.15) is 5.75 Å². The third kappa shape index (κ3) is 4.36. The Morgan fingerprint density at radius 1 is 1.29 bits per heavy atom. The van der Waals surface area contributed by atoms with Gasteiger partial charge in [-0.05, 0) is 61.5 Å². The lowest BCUT2D eigenvalue weighted by atomic mass is 9.95. The Morgan fingerprint density at radius 2 is 2.12 bits per heavy atom. The van der Waals surface area contributed by atoms with Gasteiger partial charge in [0, 0.05) is 23.5 Å². The first-order valence-corrected chi connectivity index (χ1v) is 9.32. The van der Waals surface area contributed by atoms with Crippen molar-refractivity contribution in [1.82, 2.24) is 10.2 Å². The number of benzene rings is 1. The average molecular weight is 344 g/mol. The van der Waals surface area contributed by atoms with E-state index in [2.05, 4.69) is 27.7 Å². The molecule has 0 unspecified atom stereocenters. The lowest BCUT2D eigenvalue weighted by Gasteiger charge is -2.31. The van der Waals surface area contributed by atoms with E-state index in [1.54, 1.807) is 13.2 Å². The maximum Gasteiger partial charge on any atom is 0.251 e. The van der Waals surface area contributed by atoms with Gasteiger partial charge in [-0.3, -0.25) is 4.79 Å². The number of rotatable bonds is 6. The van der Waals surface area contributed by atoms with E-state index in [-0.39, 0.29) is 5.91 Å². The third-order valence-electron chi connectivity index (χ3n) is 4.58.